The molecule has 106 valence electrons. The van der Waals surface area contributed by atoms with Gasteiger partial charge in [-0.25, -0.2) is 4.79 Å². The van der Waals surface area contributed by atoms with Crippen LogP contribution in [0.25, 0.3) is 0 Å². The maximum absolute atomic E-state index is 11.2. The predicted octanol–water partition coefficient (Wildman–Crippen LogP) is 2.85. The van der Waals surface area contributed by atoms with Crippen LogP contribution in [0.2, 0.25) is 5.02 Å². The molecule has 0 amide bonds. The first-order valence-corrected chi connectivity index (χ1v) is 6.20. The van der Waals surface area contributed by atoms with E-state index in [1.807, 2.05) is 0 Å². The van der Waals surface area contributed by atoms with Crippen LogP contribution in [0.3, 0.4) is 0 Å². The molecule has 1 rings (SSSR count). The van der Waals surface area contributed by atoms with E-state index in [1.165, 1.54) is 19.2 Å². The third-order valence-electron chi connectivity index (χ3n) is 2.46. The highest BCUT2D eigenvalue weighted by atomic mass is 35.5. The maximum atomic E-state index is 11.2. The Labute approximate surface area is 117 Å². The van der Waals surface area contributed by atoms with Crippen molar-refractivity contribution in [1.82, 2.24) is 0 Å². The van der Waals surface area contributed by atoms with Gasteiger partial charge in [0.15, 0.2) is 11.5 Å². The van der Waals surface area contributed by atoms with E-state index in [0.29, 0.717) is 24.0 Å². The number of rotatable bonds is 8. The lowest BCUT2D eigenvalue weighted by Crippen LogP contribution is -2.07. The Balaban J connectivity index is 2.81. The average Bonchev–Trinajstić information content (AvgIpc) is 2.38. The summed E-state index contributed by atoms with van der Waals surface area (Å²) in [5, 5.41) is 9.43. The molecule has 0 spiro atoms. The molecule has 0 radical (unpaired) electrons. The molecule has 0 aliphatic carbocycles. The number of aromatic carboxylic acids is 1. The number of hydrogen-bond donors (Lipinski definition) is 1. The summed E-state index contributed by atoms with van der Waals surface area (Å²) in [4.78, 5) is 11.2. The maximum Gasteiger partial charge on any atom is 0.339 e. The Morgan fingerprint density at radius 2 is 1.95 bits per heavy atom. The molecule has 0 saturated heterocycles. The van der Waals surface area contributed by atoms with Gasteiger partial charge in [-0.2, -0.15) is 0 Å². The van der Waals surface area contributed by atoms with E-state index in [4.69, 9.17) is 30.9 Å². The Morgan fingerprint density at radius 1 is 1.26 bits per heavy atom. The van der Waals surface area contributed by atoms with Crippen molar-refractivity contribution < 1.29 is 24.1 Å². The first-order valence-electron chi connectivity index (χ1n) is 5.82. The molecule has 0 aliphatic heterocycles. The zero-order chi connectivity index (χ0) is 14.3. The van der Waals surface area contributed by atoms with Crippen LogP contribution < -0.4 is 9.47 Å². The molecule has 0 aromatic heterocycles. The molecular formula is C13H17ClO5. The molecule has 6 heteroatoms. The van der Waals surface area contributed by atoms with Gasteiger partial charge >= 0.3 is 5.97 Å². The molecule has 0 aliphatic rings. The fraction of sp³-hybridized carbons (Fsp3) is 0.462. The smallest absolute Gasteiger partial charge is 0.339 e. The van der Waals surface area contributed by atoms with Gasteiger partial charge in [-0.15, -0.1) is 0 Å². The highest BCUT2D eigenvalue weighted by Crippen LogP contribution is 2.34. The molecule has 19 heavy (non-hydrogen) atoms. The summed E-state index contributed by atoms with van der Waals surface area (Å²) in [5.74, 6) is -0.582. The van der Waals surface area contributed by atoms with Gasteiger partial charge in [0.2, 0.25) is 0 Å². The second kappa shape index (κ2) is 7.86. The van der Waals surface area contributed by atoms with Gasteiger partial charge in [-0.1, -0.05) is 11.6 Å². The van der Waals surface area contributed by atoms with Crippen molar-refractivity contribution in [3.05, 3.63) is 22.7 Å². The number of carboxylic acids is 1. The van der Waals surface area contributed by atoms with Gasteiger partial charge in [0.25, 0.3) is 0 Å². The van der Waals surface area contributed by atoms with E-state index in [2.05, 4.69) is 0 Å². The van der Waals surface area contributed by atoms with Crippen LogP contribution in [0.1, 0.15) is 23.2 Å². The van der Waals surface area contributed by atoms with Crippen LogP contribution in [0, 0.1) is 0 Å². The van der Waals surface area contributed by atoms with Crippen LogP contribution in [-0.2, 0) is 4.74 Å². The van der Waals surface area contributed by atoms with Crippen molar-refractivity contribution in [2.24, 2.45) is 0 Å². The lowest BCUT2D eigenvalue weighted by molar-refractivity contribution is 0.0691. The molecule has 0 saturated carbocycles. The third-order valence-corrected chi connectivity index (χ3v) is 2.68. The van der Waals surface area contributed by atoms with Crippen molar-refractivity contribution in [3.8, 4) is 11.5 Å². The Hall–Kier alpha value is -1.46. The van der Waals surface area contributed by atoms with E-state index < -0.39 is 5.97 Å². The summed E-state index contributed by atoms with van der Waals surface area (Å²) in [5.41, 5.74) is -0.00362. The van der Waals surface area contributed by atoms with Gasteiger partial charge in [-0.3, -0.25) is 0 Å². The Morgan fingerprint density at radius 3 is 2.53 bits per heavy atom. The minimum atomic E-state index is -1.10. The van der Waals surface area contributed by atoms with Crippen molar-refractivity contribution in [1.29, 1.82) is 0 Å². The number of ether oxygens (including phenoxy) is 3. The van der Waals surface area contributed by atoms with Crippen molar-refractivity contribution >= 4 is 17.6 Å². The predicted molar refractivity (Wildman–Crippen MR) is 71.6 cm³/mol. The van der Waals surface area contributed by atoms with Gasteiger partial charge in [0.1, 0.15) is 5.56 Å². The number of hydrogen-bond acceptors (Lipinski definition) is 4. The standard InChI is InChI=1S/C13H17ClO5/c1-17-5-3-4-6-19-12-10(13(15)16)7-9(14)8-11(12)18-2/h7-8H,3-6H2,1-2H3,(H,15,16). The summed E-state index contributed by atoms with van der Waals surface area (Å²) in [6.45, 7) is 1.04. The van der Waals surface area contributed by atoms with E-state index in [1.54, 1.807) is 7.11 Å². The molecule has 0 fully saturated rings. The average molecular weight is 289 g/mol. The van der Waals surface area contributed by atoms with Crippen LogP contribution >= 0.6 is 11.6 Å². The molecule has 1 aromatic carbocycles. The zero-order valence-corrected chi connectivity index (χ0v) is 11.7. The lowest BCUT2D eigenvalue weighted by Gasteiger charge is -2.13. The van der Waals surface area contributed by atoms with Crippen LogP contribution in [-0.4, -0.2) is 38.5 Å². The quantitative estimate of drug-likeness (QED) is 0.745. The van der Waals surface area contributed by atoms with Crippen molar-refractivity contribution in [2.45, 2.75) is 12.8 Å². The molecule has 1 aromatic rings. The van der Waals surface area contributed by atoms with E-state index in [9.17, 15) is 4.79 Å². The first kappa shape index (κ1) is 15.6. The minimum Gasteiger partial charge on any atom is -0.493 e. The Bertz CT molecular complexity index is 433. The van der Waals surface area contributed by atoms with Crippen LogP contribution in [0.15, 0.2) is 12.1 Å². The normalized spacial score (nSPS) is 10.3. The highest BCUT2D eigenvalue weighted by Gasteiger charge is 2.18. The molecular weight excluding hydrogens is 272 g/mol. The number of carboxylic acid groups (broad SMARTS) is 1. The SMILES string of the molecule is COCCCCOc1c(OC)cc(Cl)cc1C(=O)O. The number of unbranched alkanes of at least 4 members (excludes halogenated alkanes) is 1. The molecule has 0 bridgehead atoms. The largest absolute Gasteiger partial charge is 0.493 e. The topological polar surface area (TPSA) is 65.0 Å². The number of halogens is 1. The second-order valence-corrected chi connectivity index (χ2v) is 4.27. The molecule has 0 unspecified atom stereocenters. The lowest BCUT2D eigenvalue weighted by atomic mass is 10.2. The number of methoxy groups -OCH3 is 2. The van der Waals surface area contributed by atoms with Gasteiger partial charge in [-0.05, 0) is 18.9 Å². The Kier molecular flexibility index (Phi) is 6.45. The third kappa shape index (κ3) is 4.61. The number of carbonyl (C=O) groups is 1. The van der Waals surface area contributed by atoms with Crippen molar-refractivity contribution in [2.75, 3.05) is 27.4 Å². The molecule has 5 nitrogen and oxygen atoms in total. The van der Waals surface area contributed by atoms with E-state index >= 15 is 0 Å². The fourth-order valence-electron chi connectivity index (χ4n) is 1.55. The van der Waals surface area contributed by atoms with Gasteiger partial charge in [0.05, 0.1) is 13.7 Å². The molecule has 0 atom stereocenters. The van der Waals surface area contributed by atoms with Crippen molar-refractivity contribution in [3.63, 3.8) is 0 Å². The second-order valence-electron chi connectivity index (χ2n) is 3.84. The van der Waals surface area contributed by atoms with E-state index in [-0.39, 0.29) is 11.3 Å². The van der Waals surface area contributed by atoms with Gasteiger partial charge < -0.3 is 19.3 Å². The highest BCUT2D eigenvalue weighted by molar-refractivity contribution is 6.31. The van der Waals surface area contributed by atoms with Gasteiger partial charge in [0, 0.05) is 24.8 Å². The summed E-state index contributed by atoms with van der Waals surface area (Å²) >= 11 is 5.83. The first-order chi connectivity index (χ1) is 9.10. The fourth-order valence-corrected chi connectivity index (χ4v) is 1.76. The summed E-state index contributed by atoms with van der Waals surface area (Å²) in [7, 11) is 3.07. The van der Waals surface area contributed by atoms with E-state index in [0.717, 1.165) is 12.8 Å². The molecule has 1 N–H and O–H groups in total. The summed E-state index contributed by atoms with van der Waals surface area (Å²) in [6, 6.07) is 2.87. The van der Waals surface area contributed by atoms with Crippen LogP contribution in [0.5, 0.6) is 11.5 Å². The monoisotopic (exact) mass is 288 g/mol. The summed E-state index contributed by atoms with van der Waals surface area (Å²) < 4.78 is 15.5. The molecule has 0 heterocycles. The zero-order valence-electron chi connectivity index (χ0n) is 10.9. The minimum absolute atomic E-state index is 0.00362. The van der Waals surface area contributed by atoms with Crippen LogP contribution in [0.4, 0.5) is 0 Å². The summed E-state index contributed by atoms with van der Waals surface area (Å²) in [6.07, 6.45) is 1.60. The number of benzene rings is 1.